The molecule has 1 saturated heterocycles. The van der Waals surface area contributed by atoms with Crippen LogP contribution >= 0.6 is 34.4 Å². The van der Waals surface area contributed by atoms with E-state index in [0.29, 0.717) is 22.4 Å². The van der Waals surface area contributed by atoms with Crippen molar-refractivity contribution in [3.05, 3.63) is 56.9 Å². The maximum Gasteiger partial charge on any atom is 0.352 e. The number of hydrogen-bond acceptors (Lipinski definition) is 10. The van der Waals surface area contributed by atoms with Crippen LogP contribution in [0.5, 0.6) is 0 Å². The minimum absolute atomic E-state index is 0.0582. The fourth-order valence-electron chi connectivity index (χ4n) is 4.04. The van der Waals surface area contributed by atoms with Crippen LogP contribution in [-0.4, -0.2) is 87.9 Å². The number of likely N-dealkylation sites (N-methyl/N-ethyl adjacent to an activating group) is 1. The number of rotatable bonds is 10. The van der Waals surface area contributed by atoms with E-state index in [1.165, 1.54) is 28.6 Å². The van der Waals surface area contributed by atoms with Gasteiger partial charge in [0.15, 0.2) is 10.8 Å². The lowest BCUT2D eigenvalue weighted by molar-refractivity contribution is -0.897. The average molecular weight is 564 g/mol. The van der Waals surface area contributed by atoms with Crippen molar-refractivity contribution in [2.75, 3.05) is 39.2 Å². The Kier molecular flexibility index (Phi) is 8.02. The molecule has 2 atom stereocenters. The minimum Gasteiger partial charge on any atom is -0.477 e. The topological polar surface area (TPSA) is 147 Å². The van der Waals surface area contributed by atoms with E-state index in [4.69, 9.17) is 10.6 Å². The Morgan fingerprint density at radius 1 is 1.41 bits per heavy atom. The van der Waals surface area contributed by atoms with Gasteiger partial charge in [-0.15, -0.1) is 34.4 Å². The SMILES string of the molecule is CO/N=C(\C(=O)N[C@@H]1C(=O)N2C(C(=O)O)=C(/C=C/C[N+](C)(C)Cc3cccs3)CS[C@@H]12)c1csc(N)n1. The quantitative estimate of drug-likeness (QED) is 0.171. The van der Waals surface area contributed by atoms with Crippen LogP contribution in [-0.2, 0) is 25.8 Å². The van der Waals surface area contributed by atoms with Crippen molar-refractivity contribution in [2.24, 2.45) is 5.16 Å². The number of fused-ring (bicyclic) bond motifs is 1. The number of hydrogen-bond donors (Lipinski definition) is 3. The number of thioether (sulfide) groups is 1. The molecule has 0 saturated carbocycles. The van der Waals surface area contributed by atoms with Gasteiger partial charge in [-0.25, -0.2) is 9.78 Å². The van der Waals surface area contributed by atoms with Gasteiger partial charge in [0.05, 0.1) is 25.5 Å². The molecule has 2 aromatic rings. The normalized spacial score (nSPS) is 20.1. The van der Waals surface area contributed by atoms with Crippen LogP contribution in [0.1, 0.15) is 10.6 Å². The summed E-state index contributed by atoms with van der Waals surface area (Å²) in [5.74, 6) is -1.96. The van der Waals surface area contributed by atoms with Gasteiger partial charge in [-0.05, 0) is 23.1 Å². The Labute approximate surface area is 225 Å². The third-order valence-corrected chi connectivity index (χ3v) is 8.57. The van der Waals surface area contributed by atoms with Crippen molar-refractivity contribution >= 4 is 63.1 Å². The van der Waals surface area contributed by atoms with E-state index in [9.17, 15) is 19.5 Å². The first-order valence-electron chi connectivity index (χ1n) is 11.2. The van der Waals surface area contributed by atoms with Gasteiger partial charge >= 0.3 is 5.97 Å². The number of carboxylic acids is 1. The number of quaternary nitrogens is 1. The van der Waals surface area contributed by atoms with E-state index in [0.717, 1.165) is 17.9 Å². The monoisotopic (exact) mass is 563 g/mol. The standard InChI is InChI=1S/C23H26N6O5S3/c1-29(2,10-14-7-5-9-35-14)8-4-6-13-11-36-21-17(20(31)28(21)18(13)22(32)33)26-19(30)16(27-34-3)15-12-37-23(24)25-15/h4-7,9,12,17,21H,8,10-11H2,1-3H3,(H3-,24,25,26,30,32,33)/p+1/b6-4+,27-16-/t17-,21+/m1/s1. The third-order valence-electron chi connectivity index (χ3n) is 5.73. The molecule has 0 bridgehead atoms. The number of aliphatic carboxylic acids is 1. The third kappa shape index (κ3) is 5.87. The lowest BCUT2D eigenvalue weighted by atomic mass is 10.0. The molecule has 0 radical (unpaired) electrons. The van der Waals surface area contributed by atoms with E-state index in [1.54, 1.807) is 22.8 Å². The van der Waals surface area contributed by atoms with E-state index in [2.05, 4.69) is 35.6 Å². The summed E-state index contributed by atoms with van der Waals surface area (Å²) >= 11 is 4.24. The van der Waals surface area contributed by atoms with Gasteiger partial charge < -0.3 is 25.5 Å². The van der Waals surface area contributed by atoms with Crippen molar-refractivity contribution in [3.8, 4) is 0 Å². The highest BCUT2D eigenvalue weighted by Crippen LogP contribution is 2.40. The fourth-order valence-corrected chi connectivity index (χ4v) is 6.82. The molecule has 2 aliphatic rings. The highest BCUT2D eigenvalue weighted by molar-refractivity contribution is 8.00. The number of nitrogens with zero attached hydrogens (tertiary/aromatic N) is 4. The zero-order chi connectivity index (χ0) is 26.7. The van der Waals surface area contributed by atoms with Crippen LogP contribution in [0, 0.1) is 0 Å². The molecule has 37 heavy (non-hydrogen) atoms. The number of nitrogen functional groups attached to an aromatic ring is 1. The first-order chi connectivity index (χ1) is 17.6. The maximum absolute atomic E-state index is 13.0. The molecule has 2 aromatic heterocycles. The molecular weight excluding hydrogens is 536 g/mol. The number of allylic oxidation sites excluding steroid dienone is 1. The summed E-state index contributed by atoms with van der Waals surface area (Å²) in [6, 6.07) is 3.21. The Hall–Kier alpha value is -3.20. The molecule has 0 aliphatic carbocycles. The zero-order valence-corrected chi connectivity index (χ0v) is 22.9. The molecule has 4 heterocycles. The van der Waals surface area contributed by atoms with E-state index in [1.807, 2.05) is 17.5 Å². The van der Waals surface area contributed by atoms with Gasteiger partial charge in [-0.2, -0.15) is 0 Å². The van der Waals surface area contributed by atoms with Crippen LogP contribution in [0.3, 0.4) is 0 Å². The Bertz CT molecular complexity index is 1280. The molecule has 0 unspecified atom stereocenters. The molecule has 4 rings (SSSR count). The maximum atomic E-state index is 13.0. The fraction of sp³-hybridized carbons (Fsp3) is 0.348. The Balaban J connectivity index is 1.46. The summed E-state index contributed by atoms with van der Waals surface area (Å²) in [5, 5.41) is 19.6. The van der Waals surface area contributed by atoms with Gasteiger partial charge in [0, 0.05) is 11.1 Å². The number of nitrogens with two attached hydrogens (primary N) is 1. The second-order valence-electron chi connectivity index (χ2n) is 8.99. The zero-order valence-electron chi connectivity index (χ0n) is 20.4. The number of carbonyl (C=O) groups is 3. The van der Waals surface area contributed by atoms with Gasteiger partial charge in [-0.3, -0.25) is 14.5 Å². The molecule has 0 aromatic carbocycles. The summed E-state index contributed by atoms with van der Waals surface area (Å²) in [6.45, 7) is 1.55. The molecule has 14 heteroatoms. The van der Waals surface area contributed by atoms with Gasteiger partial charge in [-0.1, -0.05) is 17.3 Å². The van der Waals surface area contributed by atoms with Crippen LogP contribution in [0.15, 0.2) is 51.5 Å². The van der Waals surface area contributed by atoms with Gasteiger partial charge in [0.25, 0.3) is 11.8 Å². The summed E-state index contributed by atoms with van der Waals surface area (Å²) in [4.78, 5) is 49.3. The number of anilines is 1. The molecule has 0 spiro atoms. The number of β-lactam (4-membered cyclic amide) rings is 1. The highest BCUT2D eigenvalue weighted by atomic mass is 32.2. The average Bonchev–Trinajstić information content (AvgIpc) is 3.51. The number of amides is 2. The van der Waals surface area contributed by atoms with Crippen LogP contribution < -0.4 is 11.1 Å². The van der Waals surface area contributed by atoms with Crippen molar-refractivity contribution in [1.82, 2.24) is 15.2 Å². The molecule has 196 valence electrons. The predicted octanol–water partition coefficient (Wildman–Crippen LogP) is 1.71. The predicted molar refractivity (Wildman–Crippen MR) is 144 cm³/mol. The van der Waals surface area contributed by atoms with Gasteiger partial charge in [0.2, 0.25) is 0 Å². The largest absolute Gasteiger partial charge is 0.477 e. The number of aromatic nitrogens is 1. The van der Waals surface area contributed by atoms with Crippen molar-refractivity contribution < 1.29 is 28.8 Å². The molecule has 11 nitrogen and oxygen atoms in total. The lowest BCUT2D eigenvalue weighted by Crippen LogP contribution is -2.71. The van der Waals surface area contributed by atoms with Crippen molar-refractivity contribution in [1.29, 1.82) is 0 Å². The minimum atomic E-state index is -1.19. The van der Waals surface area contributed by atoms with E-state index in [-0.39, 0.29) is 22.2 Å². The van der Waals surface area contributed by atoms with Crippen LogP contribution in [0.25, 0.3) is 0 Å². The summed E-state index contributed by atoms with van der Waals surface area (Å²) in [5.41, 5.74) is 6.26. The van der Waals surface area contributed by atoms with E-state index >= 15 is 0 Å². The van der Waals surface area contributed by atoms with Crippen molar-refractivity contribution in [2.45, 2.75) is 18.0 Å². The number of thiophene rings is 1. The number of thiazole rings is 1. The summed E-state index contributed by atoms with van der Waals surface area (Å²) in [7, 11) is 5.50. The Morgan fingerprint density at radius 3 is 2.81 bits per heavy atom. The number of nitrogens with one attached hydrogen (secondary N) is 1. The molecule has 2 amide bonds. The van der Waals surface area contributed by atoms with Crippen LogP contribution in [0.2, 0.25) is 0 Å². The molecule has 1 fully saturated rings. The van der Waals surface area contributed by atoms with Gasteiger partial charge in [0.1, 0.15) is 36.5 Å². The lowest BCUT2D eigenvalue weighted by Gasteiger charge is -2.49. The smallest absolute Gasteiger partial charge is 0.352 e. The molecule has 2 aliphatic heterocycles. The second kappa shape index (κ2) is 11.0. The second-order valence-corrected chi connectivity index (χ2v) is 12.0. The van der Waals surface area contributed by atoms with E-state index < -0.39 is 29.2 Å². The highest BCUT2D eigenvalue weighted by Gasteiger charge is 2.54. The van der Waals surface area contributed by atoms with Crippen LogP contribution in [0.4, 0.5) is 5.13 Å². The molecule has 4 N–H and O–H groups in total. The number of carboxylic acid groups (broad SMARTS) is 1. The summed E-state index contributed by atoms with van der Waals surface area (Å²) < 4.78 is 0.704. The first kappa shape index (κ1) is 26.9. The summed E-state index contributed by atoms with van der Waals surface area (Å²) in [6.07, 6.45) is 3.74. The number of oxime groups is 1. The number of carbonyl (C=O) groups excluding carboxylic acids is 2. The molecular formula is C23H27N6O5S3+. The first-order valence-corrected chi connectivity index (χ1v) is 14.0. The Morgan fingerprint density at radius 2 is 2.19 bits per heavy atom. The van der Waals surface area contributed by atoms with Crippen molar-refractivity contribution in [3.63, 3.8) is 0 Å².